The monoisotopic (exact) mass is 260 g/mol. The lowest BCUT2D eigenvalue weighted by molar-refractivity contribution is -0.118. The molecule has 0 saturated carbocycles. The number of anilines is 1. The van der Waals surface area contributed by atoms with Crippen LogP contribution >= 0.6 is 0 Å². The van der Waals surface area contributed by atoms with E-state index in [-0.39, 0.29) is 11.8 Å². The van der Waals surface area contributed by atoms with Gasteiger partial charge in [-0.15, -0.1) is 0 Å². The third-order valence-corrected chi connectivity index (χ3v) is 3.94. The van der Waals surface area contributed by atoms with E-state index in [1.807, 2.05) is 19.9 Å². The number of piperidine rings is 1. The Balaban J connectivity index is 2.19. The Kier molecular flexibility index (Phi) is 4.59. The first-order chi connectivity index (χ1) is 9.09. The Morgan fingerprint density at radius 1 is 1.32 bits per heavy atom. The van der Waals surface area contributed by atoms with Crippen molar-refractivity contribution < 1.29 is 4.79 Å². The van der Waals surface area contributed by atoms with Crippen LogP contribution in [0.25, 0.3) is 0 Å². The van der Waals surface area contributed by atoms with Gasteiger partial charge in [-0.2, -0.15) is 0 Å². The van der Waals surface area contributed by atoms with Crippen LogP contribution in [0.2, 0.25) is 0 Å². The summed E-state index contributed by atoms with van der Waals surface area (Å²) >= 11 is 0. The molecule has 0 unspecified atom stereocenters. The molecule has 1 amide bonds. The second kappa shape index (κ2) is 6.20. The van der Waals surface area contributed by atoms with E-state index in [0.29, 0.717) is 5.92 Å². The van der Waals surface area contributed by atoms with Gasteiger partial charge in [-0.1, -0.05) is 26.0 Å². The van der Waals surface area contributed by atoms with Crippen molar-refractivity contribution in [1.29, 1.82) is 0 Å². The van der Waals surface area contributed by atoms with Gasteiger partial charge < -0.3 is 10.6 Å². The van der Waals surface area contributed by atoms with Crippen LogP contribution in [0.5, 0.6) is 0 Å². The predicted molar refractivity (Wildman–Crippen MR) is 79.5 cm³/mol. The average molecular weight is 260 g/mol. The van der Waals surface area contributed by atoms with Gasteiger partial charge in [0.25, 0.3) is 0 Å². The number of hydrogen-bond acceptors (Lipinski definition) is 2. The highest BCUT2D eigenvalue weighted by Gasteiger charge is 2.18. The van der Waals surface area contributed by atoms with Crippen LogP contribution in [-0.2, 0) is 4.79 Å². The number of carbonyl (C=O) groups is 1. The Labute approximate surface area is 115 Å². The van der Waals surface area contributed by atoms with Gasteiger partial charge in [0.1, 0.15) is 0 Å². The number of hydrogen-bond donors (Lipinski definition) is 2. The smallest absolute Gasteiger partial charge is 0.226 e. The van der Waals surface area contributed by atoms with Crippen LogP contribution in [-0.4, -0.2) is 19.0 Å². The summed E-state index contributed by atoms with van der Waals surface area (Å²) in [4.78, 5) is 11.8. The van der Waals surface area contributed by atoms with E-state index in [9.17, 15) is 4.79 Å². The molecule has 0 atom stereocenters. The summed E-state index contributed by atoms with van der Waals surface area (Å²) in [7, 11) is 0. The van der Waals surface area contributed by atoms with E-state index in [4.69, 9.17) is 0 Å². The summed E-state index contributed by atoms with van der Waals surface area (Å²) in [6, 6.07) is 6.26. The van der Waals surface area contributed by atoms with E-state index < -0.39 is 0 Å². The Morgan fingerprint density at radius 3 is 2.63 bits per heavy atom. The van der Waals surface area contributed by atoms with E-state index in [0.717, 1.165) is 18.8 Å². The van der Waals surface area contributed by atoms with Crippen LogP contribution in [0, 0.1) is 12.8 Å². The maximum atomic E-state index is 11.8. The van der Waals surface area contributed by atoms with Crippen molar-refractivity contribution in [3.05, 3.63) is 29.3 Å². The lowest BCUT2D eigenvalue weighted by atomic mass is 9.87. The molecule has 1 aromatic rings. The van der Waals surface area contributed by atoms with E-state index >= 15 is 0 Å². The molecule has 19 heavy (non-hydrogen) atoms. The summed E-state index contributed by atoms with van der Waals surface area (Å²) in [6.45, 7) is 8.13. The fourth-order valence-electron chi connectivity index (χ4n) is 2.64. The van der Waals surface area contributed by atoms with Gasteiger partial charge in [-0.05, 0) is 56.0 Å². The zero-order chi connectivity index (χ0) is 13.8. The predicted octanol–water partition coefficient (Wildman–Crippen LogP) is 3.06. The summed E-state index contributed by atoms with van der Waals surface area (Å²) in [5.41, 5.74) is 3.58. The molecule has 1 saturated heterocycles. The molecule has 2 N–H and O–H groups in total. The van der Waals surface area contributed by atoms with Gasteiger partial charge in [0.05, 0.1) is 0 Å². The minimum absolute atomic E-state index is 0.0157. The molecular formula is C16H24N2O. The minimum Gasteiger partial charge on any atom is -0.326 e. The average Bonchev–Trinajstić information content (AvgIpc) is 2.42. The van der Waals surface area contributed by atoms with Gasteiger partial charge >= 0.3 is 0 Å². The van der Waals surface area contributed by atoms with Gasteiger partial charge in [0.2, 0.25) is 5.91 Å². The van der Waals surface area contributed by atoms with E-state index in [2.05, 4.69) is 29.7 Å². The second-order valence-corrected chi connectivity index (χ2v) is 5.69. The number of benzene rings is 1. The zero-order valence-electron chi connectivity index (χ0n) is 12.1. The van der Waals surface area contributed by atoms with Crippen molar-refractivity contribution >= 4 is 11.6 Å². The molecule has 0 bridgehead atoms. The standard InChI is InChI=1S/C16H24N2O/c1-11(2)16(19)18-15-6-4-5-14(12(15)3)13-7-9-17-10-8-13/h4-6,11,13,17H,7-10H2,1-3H3,(H,18,19). The zero-order valence-corrected chi connectivity index (χ0v) is 12.1. The highest BCUT2D eigenvalue weighted by molar-refractivity contribution is 5.92. The van der Waals surface area contributed by atoms with Crippen molar-refractivity contribution in [2.24, 2.45) is 5.92 Å². The molecule has 3 heteroatoms. The maximum Gasteiger partial charge on any atom is 0.226 e. The SMILES string of the molecule is Cc1c(NC(=O)C(C)C)cccc1C1CCNCC1. The molecule has 0 aliphatic carbocycles. The topological polar surface area (TPSA) is 41.1 Å². The van der Waals surface area contributed by atoms with Crippen molar-refractivity contribution in [2.75, 3.05) is 18.4 Å². The third-order valence-electron chi connectivity index (χ3n) is 3.94. The molecule has 0 radical (unpaired) electrons. The molecule has 1 aromatic carbocycles. The summed E-state index contributed by atoms with van der Waals surface area (Å²) < 4.78 is 0. The van der Waals surface area contributed by atoms with Crippen LogP contribution in [0.4, 0.5) is 5.69 Å². The molecular weight excluding hydrogens is 236 g/mol. The van der Waals surface area contributed by atoms with Gasteiger partial charge in [-0.3, -0.25) is 4.79 Å². The molecule has 0 aromatic heterocycles. The fraction of sp³-hybridized carbons (Fsp3) is 0.562. The molecule has 1 heterocycles. The molecule has 1 aliphatic heterocycles. The van der Waals surface area contributed by atoms with Crippen molar-refractivity contribution in [3.63, 3.8) is 0 Å². The minimum atomic E-state index is 0.0157. The normalized spacial score (nSPS) is 16.6. The maximum absolute atomic E-state index is 11.8. The van der Waals surface area contributed by atoms with Crippen LogP contribution < -0.4 is 10.6 Å². The van der Waals surface area contributed by atoms with Gasteiger partial charge in [0.15, 0.2) is 0 Å². The molecule has 1 fully saturated rings. The Bertz CT molecular complexity index is 448. The largest absolute Gasteiger partial charge is 0.326 e. The highest BCUT2D eigenvalue weighted by Crippen LogP contribution is 2.31. The quantitative estimate of drug-likeness (QED) is 0.877. The lowest BCUT2D eigenvalue weighted by Gasteiger charge is -2.25. The van der Waals surface area contributed by atoms with Crippen molar-refractivity contribution in [3.8, 4) is 0 Å². The van der Waals surface area contributed by atoms with E-state index in [1.165, 1.54) is 24.0 Å². The molecule has 2 rings (SSSR count). The molecule has 1 aliphatic rings. The summed E-state index contributed by atoms with van der Waals surface area (Å²) in [5, 5.41) is 6.43. The van der Waals surface area contributed by atoms with Gasteiger partial charge in [-0.25, -0.2) is 0 Å². The van der Waals surface area contributed by atoms with Crippen molar-refractivity contribution in [1.82, 2.24) is 5.32 Å². The van der Waals surface area contributed by atoms with Crippen LogP contribution in [0.3, 0.4) is 0 Å². The first kappa shape index (κ1) is 14.1. The Hall–Kier alpha value is -1.35. The second-order valence-electron chi connectivity index (χ2n) is 5.69. The first-order valence-corrected chi connectivity index (χ1v) is 7.20. The molecule has 104 valence electrons. The highest BCUT2D eigenvalue weighted by atomic mass is 16.1. The van der Waals surface area contributed by atoms with E-state index in [1.54, 1.807) is 0 Å². The summed E-state index contributed by atoms with van der Waals surface area (Å²) in [6.07, 6.45) is 2.37. The number of rotatable bonds is 3. The third kappa shape index (κ3) is 3.35. The number of nitrogens with one attached hydrogen (secondary N) is 2. The first-order valence-electron chi connectivity index (χ1n) is 7.20. The number of amides is 1. The van der Waals surface area contributed by atoms with Crippen LogP contribution in [0.1, 0.15) is 43.7 Å². The van der Waals surface area contributed by atoms with Crippen LogP contribution in [0.15, 0.2) is 18.2 Å². The number of carbonyl (C=O) groups excluding carboxylic acids is 1. The lowest BCUT2D eigenvalue weighted by Crippen LogP contribution is -2.27. The Morgan fingerprint density at radius 2 is 2.00 bits per heavy atom. The molecule has 3 nitrogen and oxygen atoms in total. The van der Waals surface area contributed by atoms with Crippen molar-refractivity contribution in [2.45, 2.75) is 39.5 Å². The molecule has 0 spiro atoms. The van der Waals surface area contributed by atoms with Gasteiger partial charge in [0, 0.05) is 11.6 Å². The summed E-state index contributed by atoms with van der Waals surface area (Å²) in [5.74, 6) is 0.727. The fourth-order valence-corrected chi connectivity index (χ4v) is 2.64.